The Kier molecular flexibility index (Phi) is 6.86. The number of nitrogens with zero attached hydrogens (tertiary/aromatic N) is 6. The number of fused-ring (bicyclic) bond motifs is 1. The maximum atomic E-state index is 5.61. The summed E-state index contributed by atoms with van der Waals surface area (Å²) >= 11 is 0. The molecule has 0 unspecified atom stereocenters. The molecule has 0 aromatic carbocycles. The van der Waals surface area contributed by atoms with Crippen LogP contribution >= 0.6 is 0 Å². The van der Waals surface area contributed by atoms with Crippen molar-refractivity contribution in [3.8, 4) is 0 Å². The van der Waals surface area contributed by atoms with Crippen molar-refractivity contribution in [2.45, 2.75) is 59.2 Å². The molecule has 1 fully saturated rings. The second kappa shape index (κ2) is 9.79. The monoisotopic (exact) mass is 438 g/mol. The largest absolute Gasteiger partial charge is 0.380 e. The lowest BCUT2D eigenvalue weighted by molar-refractivity contribution is 0.137. The second-order valence-corrected chi connectivity index (χ2v) is 8.74. The summed E-state index contributed by atoms with van der Waals surface area (Å²) < 4.78 is 7.58. The minimum atomic E-state index is 0.233. The van der Waals surface area contributed by atoms with Gasteiger partial charge in [0.15, 0.2) is 5.82 Å². The molecule has 0 bridgehead atoms. The van der Waals surface area contributed by atoms with Gasteiger partial charge in [-0.25, -0.2) is 9.97 Å². The molecular formula is C23H34N8O. The number of pyridine rings is 1. The van der Waals surface area contributed by atoms with E-state index in [1.807, 2.05) is 29.8 Å². The molecular weight excluding hydrogens is 404 g/mol. The van der Waals surface area contributed by atoms with Crippen molar-refractivity contribution in [1.82, 2.24) is 30.0 Å². The Morgan fingerprint density at radius 2 is 1.97 bits per heavy atom. The van der Waals surface area contributed by atoms with Crippen molar-refractivity contribution in [2.24, 2.45) is 0 Å². The van der Waals surface area contributed by atoms with Crippen LogP contribution in [0.15, 0.2) is 24.4 Å². The zero-order chi connectivity index (χ0) is 22.7. The minimum Gasteiger partial charge on any atom is -0.380 e. The van der Waals surface area contributed by atoms with Crippen molar-refractivity contribution in [3.63, 3.8) is 0 Å². The summed E-state index contributed by atoms with van der Waals surface area (Å²) in [5.74, 6) is 2.42. The van der Waals surface area contributed by atoms with Gasteiger partial charge in [0, 0.05) is 38.0 Å². The molecule has 3 aromatic rings. The second-order valence-electron chi connectivity index (χ2n) is 8.74. The molecule has 172 valence electrons. The highest BCUT2D eigenvalue weighted by Crippen LogP contribution is 2.31. The van der Waals surface area contributed by atoms with Crippen molar-refractivity contribution in [1.29, 1.82) is 0 Å². The van der Waals surface area contributed by atoms with Crippen LogP contribution in [0.1, 0.15) is 46.2 Å². The summed E-state index contributed by atoms with van der Waals surface area (Å²) in [4.78, 5) is 16.7. The van der Waals surface area contributed by atoms with Gasteiger partial charge in [0.2, 0.25) is 5.95 Å². The van der Waals surface area contributed by atoms with E-state index in [9.17, 15) is 0 Å². The number of ether oxygens (including phenoxy) is 1. The number of piperazine rings is 1. The lowest BCUT2D eigenvalue weighted by Gasteiger charge is -2.36. The van der Waals surface area contributed by atoms with Crippen LogP contribution < -0.4 is 15.5 Å². The van der Waals surface area contributed by atoms with Crippen molar-refractivity contribution < 1.29 is 4.74 Å². The normalized spacial score (nSPS) is 19.1. The summed E-state index contributed by atoms with van der Waals surface area (Å²) in [6, 6.07) is 6.53. The Morgan fingerprint density at radius 1 is 1.19 bits per heavy atom. The van der Waals surface area contributed by atoms with Gasteiger partial charge in [0.25, 0.3) is 0 Å². The van der Waals surface area contributed by atoms with E-state index < -0.39 is 0 Å². The van der Waals surface area contributed by atoms with E-state index in [-0.39, 0.29) is 5.92 Å². The third-order valence-corrected chi connectivity index (χ3v) is 5.55. The van der Waals surface area contributed by atoms with E-state index in [2.05, 4.69) is 48.2 Å². The molecule has 1 saturated heterocycles. The summed E-state index contributed by atoms with van der Waals surface area (Å²) in [5, 5.41) is 11.9. The highest BCUT2D eigenvalue weighted by atomic mass is 16.5. The standard InChI is InChI=1S/C23H34N8O/c1-6-32-12-11-31-21-20(19(29-31)15(2)3)27-23(30-13-16(4)25-17(5)14-30)28-22(21)26-18-9-7-8-10-24-18/h7-10,15-17,25H,6,11-14H2,1-5H3,(H,24,26,27,28)/t16-,17+. The van der Waals surface area contributed by atoms with Gasteiger partial charge in [-0.05, 0) is 38.8 Å². The van der Waals surface area contributed by atoms with E-state index in [1.54, 1.807) is 6.20 Å². The van der Waals surface area contributed by atoms with E-state index in [0.717, 1.165) is 47.4 Å². The van der Waals surface area contributed by atoms with Crippen LogP contribution in [0.5, 0.6) is 0 Å². The van der Waals surface area contributed by atoms with Gasteiger partial charge in [0.1, 0.15) is 16.9 Å². The summed E-state index contributed by atoms with van der Waals surface area (Å²) in [7, 11) is 0. The highest BCUT2D eigenvalue weighted by Gasteiger charge is 2.26. The minimum absolute atomic E-state index is 0.233. The SMILES string of the molecule is CCOCCn1nc(C(C)C)c2nc(N3C[C@@H](C)N[C@@H](C)C3)nc(Nc3ccccn3)c21. The predicted octanol–water partition coefficient (Wildman–Crippen LogP) is 3.31. The molecule has 2 N–H and O–H groups in total. The van der Waals surface area contributed by atoms with Crippen LogP contribution in [0.4, 0.5) is 17.6 Å². The molecule has 3 aromatic heterocycles. The fourth-order valence-corrected chi connectivity index (χ4v) is 4.22. The molecule has 2 atom stereocenters. The van der Waals surface area contributed by atoms with Gasteiger partial charge in [-0.2, -0.15) is 10.1 Å². The molecule has 4 heterocycles. The first-order valence-electron chi connectivity index (χ1n) is 11.5. The van der Waals surface area contributed by atoms with Crippen LogP contribution in [0, 0.1) is 0 Å². The van der Waals surface area contributed by atoms with Gasteiger partial charge in [0.05, 0.1) is 18.8 Å². The molecule has 32 heavy (non-hydrogen) atoms. The van der Waals surface area contributed by atoms with Crippen molar-refractivity contribution in [2.75, 3.05) is 36.5 Å². The number of anilines is 3. The Morgan fingerprint density at radius 3 is 2.62 bits per heavy atom. The number of nitrogens with one attached hydrogen (secondary N) is 2. The zero-order valence-corrected chi connectivity index (χ0v) is 19.7. The van der Waals surface area contributed by atoms with Gasteiger partial charge in [-0.15, -0.1) is 0 Å². The number of aromatic nitrogens is 5. The van der Waals surface area contributed by atoms with E-state index in [4.69, 9.17) is 19.8 Å². The van der Waals surface area contributed by atoms with Crippen molar-refractivity contribution in [3.05, 3.63) is 30.1 Å². The third kappa shape index (κ3) is 4.83. The molecule has 0 spiro atoms. The number of rotatable bonds is 8. The first-order chi connectivity index (χ1) is 15.5. The lowest BCUT2D eigenvalue weighted by Crippen LogP contribution is -2.54. The average molecular weight is 439 g/mol. The Balaban J connectivity index is 1.84. The number of hydrogen-bond acceptors (Lipinski definition) is 8. The average Bonchev–Trinajstić information content (AvgIpc) is 3.13. The quantitative estimate of drug-likeness (QED) is 0.518. The first kappa shape index (κ1) is 22.4. The molecule has 0 amide bonds. The highest BCUT2D eigenvalue weighted by molar-refractivity contribution is 5.90. The Labute approximate surface area is 189 Å². The molecule has 4 rings (SSSR count). The number of hydrogen-bond donors (Lipinski definition) is 2. The zero-order valence-electron chi connectivity index (χ0n) is 19.7. The van der Waals surface area contributed by atoms with Crippen LogP contribution in [-0.4, -0.2) is 63.1 Å². The summed E-state index contributed by atoms with van der Waals surface area (Å²) in [6.07, 6.45) is 1.77. The predicted molar refractivity (Wildman–Crippen MR) is 128 cm³/mol. The molecule has 0 saturated carbocycles. The smallest absolute Gasteiger partial charge is 0.228 e. The van der Waals surface area contributed by atoms with Crippen LogP contribution in [0.25, 0.3) is 11.0 Å². The summed E-state index contributed by atoms with van der Waals surface area (Å²) in [5.41, 5.74) is 2.75. The first-order valence-corrected chi connectivity index (χ1v) is 11.5. The van der Waals surface area contributed by atoms with Gasteiger partial charge >= 0.3 is 0 Å². The van der Waals surface area contributed by atoms with Crippen molar-refractivity contribution >= 4 is 28.6 Å². The van der Waals surface area contributed by atoms with Crippen LogP contribution in [-0.2, 0) is 11.3 Å². The Hall–Kier alpha value is -2.78. The topological polar surface area (TPSA) is 93.0 Å². The van der Waals surface area contributed by atoms with Gasteiger partial charge in [-0.1, -0.05) is 19.9 Å². The van der Waals surface area contributed by atoms with Crippen LogP contribution in [0.3, 0.4) is 0 Å². The maximum absolute atomic E-state index is 5.61. The van der Waals surface area contributed by atoms with Crippen LogP contribution in [0.2, 0.25) is 0 Å². The fourth-order valence-electron chi connectivity index (χ4n) is 4.22. The summed E-state index contributed by atoms with van der Waals surface area (Å²) in [6.45, 7) is 14.3. The van der Waals surface area contributed by atoms with E-state index in [1.165, 1.54) is 0 Å². The van der Waals surface area contributed by atoms with E-state index >= 15 is 0 Å². The maximum Gasteiger partial charge on any atom is 0.228 e. The third-order valence-electron chi connectivity index (χ3n) is 5.55. The lowest BCUT2D eigenvalue weighted by atomic mass is 10.1. The molecule has 0 radical (unpaired) electrons. The molecule has 0 aliphatic carbocycles. The molecule has 1 aliphatic rings. The molecule has 9 nitrogen and oxygen atoms in total. The molecule has 9 heteroatoms. The Bertz CT molecular complexity index is 1030. The fraction of sp³-hybridized carbons (Fsp3) is 0.565. The molecule has 1 aliphatic heterocycles. The van der Waals surface area contributed by atoms with Gasteiger partial charge < -0.3 is 20.3 Å². The van der Waals surface area contributed by atoms with E-state index in [0.29, 0.717) is 31.8 Å². The van der Waals surface area contributed by atoms with Gasteiger partial charge in [-0.3, -0.25) is 4.68 Å².